The van der Waals surface area contributed by atoms with Crippen LogP contribution in [0.25, 0.3) is 22.6 Å². The SMILES string of the molecule is O=S(=O)(Nc1ccc2oc(-c3ccccc3)nc2c1)c1ccccc1C(F)(F)F. The third-order valence-electron chi connectivity index (χ3n) is 4.14. The Morgan fingerprint density at radius 2 is 1.59 bits per heavy atom. The number of nitrogens with zero attached hydrogens (tertiary/aromatic N) is 1. The van der Waals surface area contributed by atoms with Crippen molar-refractivity contribution in [2.45, 2.75) is 11.1 Å². The zero-order chi connectivity index (χ0) is 20.6. The van der Waals surface area contributed by atoms with E-state index in [0.29, 0.717) is 17.0 Å². The first kappa shape index (κ1) is 19.0. The van der Waals surface area contributed by atoms with E-state index in [1.807, 2.05) is 30.3 Å². The molecule has 0 saturated heterocycles. The summed E-state index contributed by atoms with van der Waals surface area (Å²) >= 11 is 0. The van der Waals surface area contributed by atoms with Gasteiger partial charge in [-0.25, -0.2) is 13.4 Å². The number of aromatic nitrogens is 1. The van der Waals surface area contributed by atoms with Crippen molar-refractivity contribution in [1.82, 2.24) is 4.98 Å². The summed E-state index contributed by atoms with van der Waals surface area (Å²) in [7, 11) is -4.47. The van der Waals surface area contributed by atoms with Crippen LogP contribution in [0.3, 0.4) is 0 Å². The van der Waals surface area contributed by atoms with Gasteiger partial charge in [0.25, 0.3) is 10.0 Å². The molecule has 4 rings (SSSR count). The van der Waals surface area contributed by atoms with E-state index >= 15 is 0 Å². The number of anilines is 1. The Bertz CT molecular complexity index is 1280. The molecule has 0 radical (unpaired) electrons. The summed E-state index contributed by atoms with van der Waals surface area (Å²) in [5, 5.41) is 0. The fourth-order valence-corrected chi connectivity index (χ4v) is 4.12. The Hall–Kier alpha value is -3.33. The number of fused-ring (bicyclic) bond motifs is 1. The Morgan fingerprint density at radius 3 is 2.31 bits per heavy atom. The molecule has 0 spiro atoms. The molecule has 1 N–H and O–H groups in total. The van der Waals surface area contributed by atoms with Crippen molar-refractivity contribution in [2.75, 3.05) is 4.72 Å². The molecule has 0 bridgehead atoms. The summed E-state index contributed by atoms with van der Waals surface area (Å²) < 4.78 is 72.5. The predicted octanol–water partition coefficient (Wildman–Crippen LogP) is 5.31. The van der Waals surface area contributed by atoms with E-state index in [1.54, 1.807) is 0 Å². The largest absolute Gasteiger partial charge is 0.436 e. The molecule has 0 amide bonds. The number of alkyl halides is 3. The summed E-state index contributed by atoms with van der Waals surface area (Å²) in [6.07, 6.45) is -4.80. The van der Waals surface area contributed by atoms with Gasteiger partial charge in [0.15, 0.2) is 5.58 Å². The van der Waals surface area contributed by atoms with Crippen LogP contribution in [0.1, 0.15) is 5.56 Å². The van der Waals surface area contributed by atoms with E-state index in [0.717, 1.165) is 23.8 Å². The molecular weight excluding hydrogens is 405 g/mol. The third kappa shape index (κ3) is 3.81. The van der Waals surface area contributed by atoms with Crippen molar-refractivity contribution in [3.63, 3.8) is 0 Å². The molecule has 1 aromatic heterocycles. The summed E-state index contributed by atoms with van der Waals surface area (Å²) in [6.45, 7) is 0. The molecule has 3 aromatic carbocycles. The van der Waals surface area contributed by atoms with Gasteiger partial charge in [-0.2, -0.15) is 13.2 Å². The van der Waals surface area contributed by atoms with Crippen molar-refractivity contribution >= 4 is 26.8 Å². The van der Waals surface area contributed by atoms with Gasteiger partial charge >= 0.3 is 6.18 Å². The number of benzene rings is 3. The highest BCUT2D eigenvalue weighted by Crippen LogP contribution is 2.35. The highest BCUT2D eigenvalue weighted by atomic mass is 32.2. The molecule has 29 heavy (non-hydrogen) atoms. The van der Waals surface area contributed by atoms with E-state index < -0.39 is 26.7 Å². The second-order valence-corrected chi connectivity index (χ2v) is 7.82. The first-order valence-electron chi connectivity index (χ1n) is 8.39. The smallest absolute Gasteiger partial charge is 0.417 e. The van der Waals surface area contributed by atoms with Gasteiger partial charge in [-0.15, -0.1) is 0 Å². The van der Waals surface area contributed by atoms with Gasteiger partial charge in [0, 0.05) is 5.56 Å². The molecule has 4 aromatic rings. The number of rotatable bonds is 4. The van der Waals surface area contributed by atoms with E-state index in [-0.39, 0.29) is 5.69 Å². The molecule has 0 aliphatic carbocycles. The van der Waals surface area contributed by atoms with E-state index in [9.17, 15) is 21.6 Å². The van der Waals surface area contributed by atoms with Crippen molar-refractivity contribution in [2.24, 2.45) is 0 Å². The second kappa shape index (κ2) is 6.93. The van der Waals surface area contributed by atoms with E-state index in [2.05, 4.69) is 9.71 Å². The number of halogens is 3. The predicted molar refractivity (Wildman–Crippen MR) is 102 cm³/mol. The Kier molecular flexibility index (Phi) is 4.54. The van der Waals surface area contributed by atoms with Crippen LogP contribution in [0.2, 0.25) is 0 Å². The van der Waals surface area contributed by atoms with Gasteiger partial charge in [-0.1, -0.05) is 30.3 Å². The average Bonchev–Trinajstić information content (AvgIpc) is 3.11. The Labute approximate surface area is 163 Å². The quantitative estimate of drug-likeness (QED) is 0.487. The van der Waals surface area contributed by atoms with Crippen molar-refractivity contribution in [3.8, 4) is 11.5 Å². The summed E-state index contributed by atoms with van der Waals surface area (Å²) in [5.41, 5.74) is 0.365. The zero-order valence-corrected chi connectivity index (χ0v) is 15.5. The maximum absolute atomic E-state index is 13.2. The minimum absolute atomic E-state index is 0.0717. The molecule has 9 heteroatoms. The monoisotopic (exact) mass is 418 g/mol. The summed E-state index contributed by atoms with van der Waals surface area (Å²) in [4.78, 5) is 3.47. The summed E-state index contributed by atoms with van der Waals surface area (Å²) in [5.74, 6) is 0.350. The number of nitrogens with one attached hydrogen (secondary N) is 1. The maximum Gasteiger partial charge on any atom is 0.417 e. The first-order valence-corrected chi connectivity index (χ1v) is 9.87. The van der Waals surface area contributed by atoms with Crippen LogP contribution >= 0.6 is 0 Å². The lowest BCUT2D eigenvalue weighted by Gasteiger charge is -2.14. The lowest BCUT2D eigenvalue weighted by atomic mass is 10.2. The molecule has 1 heterocycles. The van der Waals surface area contributed by atoms with Crippen LogP contribution in [-0.4, -0.2) is 13.4 Å². The van der Waals surface area contributed by atoms with Crippen LogP contribution in [0.4, 0.5) is 18.9 Å². The van der Waals surface area contributed by atoms with Crippen LogP contribution in [0.5, 0.6) is 0 Å². The fourth-order valence-electron chi connectivity index (χ4n) is 2.84. The lowest BCUT2D eigenvalue weighted by molar-refractivity contribution is -0.139. The summed E-state index contributed by atoms with van der Waals surface area (Å²) in [6, 6.07) is 17.4. The van der Waals surface area contributed by atoms with Gasteiger partial charge in [0.05, 0.1) is 16.1 Å². The minimum Gasteiger partial charge on any atom is -0.436 e. The molecular formula is C20H13F3N2O3S. The van der Waals surface area contributed by atoms with Crippen LogP contribution in [-0.2, 0) is 16.2 Å². The topological polar surface area (TPSA) is 72.2 Å². The first-order chi connectivity index (χ1) is 13.7. The van der Waals surface area contributed by atoms with Gasteiger partial charge in [-0.3, -0.25) is 4.72 Å². The van der Waals surface area contributed by atoms with Gasteiger partial charge in [0.1, 0.15) is 5.52 Å². The zero-order valence-electron chi connectivity index (χ0n) is 14.6. The molecule has 0 unspecified atom stereocenters. The molecule has 0 fully saturated rings. The molecule has 148 valence electrons. The fraction of sp³-hybridized carbons (Fsp3) is 0.0500. The van der Waals surface area contributed by atoms with Gasteiger partial charge in [0.2, 0.25) is 5.89 Å². The second-order valence-electron chi connectivity index (χ2n) is 6.17. The normalized spacial score (nSPS) is 12.2. The molecule has 0 aliphatic heterocycles. The molecule has 0 saturated carbocycles. The highest BCUT2D eigenvalue weighted by Gasteiger charge is 2.36. The Morgan fingerprint density at radius 1 is 0.897 bits per heavy atom. The standard InChI is InChI=1S/C20H13F3N2O3S/c21-20(22,23)15-8-4-5-9-18(15)29(26,27)25-14-10-11-17-16(12-14)24-19(28-17)13-6-2-1-3-7-13/h1-12,25H. The molecule has 0 aliphatic rings. The van der Waals surface area contributed by atoms with Gasteiger partial charge < -0.3 is 4.42 Å². The third-order valence-corrected chi connectivity index (χ3v) is 5.58. The van der Waals surface area contributed by atoms with Crippen LogP contribution < -0.4 is 4.72 Å². The number of oxazole rings is 1. The van der Waals surface area contributed by atoms with Crippen molar-refractivity contribution in [3.05, 3.63) is 78.4 Å². The number of sulfonamides is 1. The maximum atomic E-state index is 13.2. The number of hydrogen-bond donors (Lipinski definition) is 1. The lowest BCUT2D eigenvalue weighted by Crippen LogP contribution is -2.18. The van der Waals surface area contributed by atoms with E-state index in [1.165, 1.54) is 24.3 Å². The van der Waals surface area contributed by atoms with Crippen molar-refractivity contribution < 1.29 is 26.0 Å². The number of hydrogen-bond acceptors (Lipinski definition) is 4. The van der Waals surface area contributed by atoms with Crippen molar-refractivity contribution in [1.29, 1.82) is 0 Å². The molecule has 5 nitrogen and oxygen atoms in total. The Balaban J connectivity index is 1.69. The highest BCUT2D eigenvalue weighted by molar-refractivity contribution is 7.92. The van der Waals surface area contributed by atoms with Crippen LogP contribution in [0, 0.1) is 0 Å². The van der Waals surface area contributed by atoms with E-state index in [4.69, 9.17) is 4.42 Å². The van der Waals surface area contributed by atoms with Crippen LogP contribution in [0.15, 0.2) is 82.1 Å². The average molecular weight is 418 g/mol. The molecule has 0 atom stereocenters. The minimum atomic E-state index is -4.80. The van der Waals surface area contributed by atoms with Gasteiger partial charge in [-0.05, 0) is 42.5 Å².